The minimum Gasteiger partial charge on any atom is -0.299 e. The summed E-state index contributed by atoms with van der Waals surface area (Å²) < 4.78 is 1.88. The minimum atomic E-state index is 0.0476. The number of hydrogen-bond acceptors (Lipinski definition) is 3. The van der Waals surface area contributed by atoms with Crippen LogP contribution >= 0.6 is 11.6 Å². The third kappa shape index (κ3) is 4.26. The van der Waals surface area contributed by atoms with Gasteiger partial charge in [-0.15, -0.1) is 0 Å². The SMILES string of the molecule is CCC(CC)C(=O)Cc1c(-c2ccc(Cl)cc2)nn2c(-c3ccccc3)cc(C)nc12. The van der Waals surface area contributed by atoms with E-state index in [9.17, 15) is 4.79 Å². The lowest BCUT2D eigenvalue weighted by Gasteiger charge is -2.11. The summed E-state index contributed by atoms with van der Waals surface area (Å²) in [6.45, 7) is 6.12. The van der Waals surface area contributed by atoms with Crippen molar-refractivity contribution in [3.63, 3.8) is 0 Å². The summed E-state index contributed by atoms with van der Waals surface area (Å²) >= 11 is 6.12. The Bertz CT molecular complexity index is 1210. The molecule has 0 fully saturated rings. The maximum atomic E-state index is 13.1. The number of carbonyl (C=O) groups is 1. The maximum absolute atomic E-state index is 13.1. The Hall–Kier alpha value is -2.98. The molecule has 0 N–H and O–H groups in total. The fourth-order valence-electron chi connectivity index (χ4n) is 4.06. The van der Waals surface area contributed by atoms with Gasteiger partial charge in [-0.1, -0.05) is 67.9 Å². The number of carbonyl (C=O) groups excluding carboxylic acids is 1. The molecule has 0 aliphatic heterocycles. The summed E-state index contributed by atoms with van der Waals surface area (Å²) in [6.07, 6.45) is 2.00. The topological polar surface area (TPSA) is 47.3 Å². The van der Waals surface area contributed by atoms with E-state index in [0.29, 0.717) is 11.4 Å². The predicted molar refractivity (Wildman–Crippen MR) is 126 cm³/mol. The smallest absolute Gasteiger partial charge is 0.160 e. The van der Waals surface area contributed by atoms with Crippen molar-refractivity contribution in [2.75, 3.05) is 0 Å². The van der Waals surface area contributed by atoms with Crippen LogP contribution < -0.4 is 0 Å². The number of nitrogens with zero attached hydrogens (tertiary/aromatic N) is 3. The molecule has 0 aliphatic rings. The van der Waals surface area contributed by atoms with E-state index in [1.165, 1.54) is 0 Å². The Labute approximate surface area is 187 Å². The molecule has 0 spiro atoms. The van der Waals surface area contributed by atoms with Crippen LogP contribution in [-0.2, 0) is 11.2 Å². The first-order valence-electron chi connectivity index (χ1n) is 10.7. The van der Waals surface area contributed by atoms with E-state index in [1.54, 1.807) is 0 Å². The van der Waals surface area contributed by atoms with Gasteiger partial charge < -0.3 is 0 Å². The van der Waals surface area contributed by atoms with E-state index in [2.05, 4.69) is 26.0 Å². The van der Waals surface area contributed by atoms with Gasteiger partial charge in [0.05, 0.1) is 11.4 Å². The van der Waals surface area contributed by atoms with Gasteiger partial charge in [-0.05, 0) is 38.0 Å². The number of aromatic nitrogens is 3. The minimum absolute atomic E-state index is 0.0476. The number of hydrogen-bond donors (Lipinski definition) is 0. The van der Waals surface area contributed by atoms with E-state index in [4.69, 9.17) is 21.7 Å². The Morgan fingerprint density at radius 1 is 1.00 bits per heavy atom. The zero-order valence-electron chi connectivity index (χ0n) is 18.1. The molecule has 0 unspecified atom stereocenters. The van der Waals surface area contributed by atoms with Crippen LogP contribution in [0, 0.1) is 12.8 Å². The quantitative estimate of drug-likeness (QED) is 0.332. The number of halogens is 1. The maximum Gasteiger partial charge on any atom is 0.160 e. The molecule has 2 aromatic heterocycles. The number of Topliss-reactive ketones (excluding diaryl/α,β-unsaturated/α-hetero) is 1. The lowest BCUT2D eigenvalue weighted by atomic mass is 9.92. The van der Waals surface area contributed by atoms with Crippen molar-refractivity contribution in [2.45, 2.75) is 40.0 Å². The van der Waals surface area contributed by atoms with Gasteiger partial charge in [0.15, 0.2) is 5.65 Å². The second-order valence-electron chi connectivity index (χ2n) is 7.87. The number of benzene rings is 2. The van der Waals surface area contributed by atoms with Crippen molar-refractivity contribution >= 4 is 23.0 Å². The van der Waals surface area contributed by atoms with Crippen molar-refractivity contribution < 1.29 is 4.79 Å². The van der Waals surface area contributed by atoms with Crippen molar-refractivity contribution in [2.24, 2.45) is 5.92 Å². The standard InChI is InChI=1S/C26H26ClN3O/c1-4-18(5-2)24(31)16-22-25(20-11-13-21(27)14-12-20)29-30-23(15-17(3)28-26(22)30)19-9-7-6-8-10-19/h6-15,18H,4-5,16H2,1-3H3. The predicted octanol–water partition coefficient (Wildman–Crippen LogP) is 6.57. The normalized spacial score (nSPS) is 11.4. The van der Waals surface area contributed by atoms with Crippen LogP contribution in [-0.4, -0.2) is 20.4 Å². The number of rotatable bonds is 7. The zero-order chi connectivity index (χ0) is 22.0. The summed E-state index contributed by atoms with van der Waals surface area (Å²) in [5.41, 5.74) is 6.24. The first-order chi connectivity index (χ1) is 15.0. The molecule has 4 nitrogen and oxygen atoms in total. The average molecular weight is 432 g/mol. The molecule has 158 valence electrons. The average Bonchev–Trinajstić information content (AvgIpc) is 3.13. The van der Waals surface area contributed by atoms with Crippen molar-refractivity contribution in [3.05, 3.63) is 76.9 Å². The van der Waals surface area contributed by atoms with Gasteiger partial charge >= 0.3 is 0 Å². The summed E-state index contributed by atoms with van der Waals surface area (Å²) in [5, 5.41) is 5.62. The van der Waals surface area contributed by atoms with Crippen LogP contribution in [0.1, 0.15) is 37.9 Å². The van der Waals surface area contributed by atoms with Crippen molar-refractivity contribution in [1.29, 1.82) is 0 Å². The molecule has 5 heteroatoms. The monoisotopic (exact) mass is 431 g/mol. The second kappa shape index (κ2) is 9.03. The molecule has 4 aromatic rings. The molecule has 0 aliphatic carbocycles. The molecule has 31 heavy (non-hydrogen) atoms. The van der Waals surface area contributed by atoms with Crippen LogP contribution in [0.4, 0.5) is 0 Å². The molecular formula is C26H26ClN3O. The van der Waals surface area contributed by atoms with Gasteiger partial charge in [0.2, 0.25) is 0 Å². The summed E-state index contributed by atoms with van der Waals surface area (Å²) in [4.78, 5) is 17.9. The molecule has 0 bridgehead atoms. The number of fused-ring (bicyclic) bond motifs is 1. The second-order valence-corrected chi connectivity index (χ2v) is 8.31. The van der Waals surface area contributed by atoms with Gasteiger partial charge in [0, 0.05) is 39.7 Å². The van der Waals surface area contributed by atoms with Gasteiger partial charge in [-0.3, -0.25) is 4.79 Å². The highest BCUT2D eigenvalue weighted by Crippen LogP contribution is 2.31. The fraction of sp³-hybridized carbons (Fsp3) is 0.269. The third-order valence-corrected chi connectivity index (χ3v) is 6.04. The Morgan fingerprint density at radius 2 is 1.68 bits per heavy atom. The summed E-state index contributed by atoms with van der Waals surface area (Å²) in [5.74, 6) is 0.283. The molecule has 0 amide bonds. The third-order valence-electron chi connectivity index (χ3n) is 5.79. The molecule has 0 atom stereocenters. The molecule has 2 heterocycles. The van der Waals surface area contributed by atoms with Crippen LogP contribution in [0.3, 0.4) is 0 Å². The molecule has 0 saturated heterocycles. The summed E-state index contributed by atoms with van der Waals surface area (Å²) in [6, 6.07) is 19.8. The molecule has 4 rings (SSSR count). The largest absolute Gasteiger partial charge is 0.299 e. The number of ketones is 1. The Kier molecular flexibility index (Phi) is 6.19. The van der Waals surface area contributed by atoms with Gasteiger partial charge in [0.25, 0.3) is 0 Å². The van der Waals surface area contributed by atoms with E-state index in [0.717, 1.165) is 52.3 Å². The lowest BCUT2D eigenvalue weighted by Crippen LogP contribution is -2.15. The Balaban J connectivity index is 1.96. The van der Waals surface area contributed by atoms with Crippen LogP contribution in [0.2, 0.25) is 5.02 Å². The van der Waals surface area contributed by atoms with Crippen LogP contribution in [0.5, 0.6) is 0 Å². The lowest BCUT2D eigenvalue weighted by molar-refractivity contribution is -0.122. The first kappa shape index (κ1) is 21.3. The highest BCUT2D eigenvalue weighted by Gasteiger charge is 2.23. The van der Waals surface area contributed by atoms with Gasteiger partial charge in [0.1, 0.15) is 5.78 Å². The van der Waals surface area contributed by atoms with E-state index < -0.39 is 0 Å². The fourth-order valence-corrected chi connectivity index (χ4v) is 4.19. The van der Waals surface area contributed by atoms with Gasteiger partial charge in [-0.2, -0.15) is 5.10 Å². The van der Waals surface area contributed by atoms with Crippen molar-refractivity contribution in [1.82, 2.24) is 14.6 Å². The van der Waals surface area contributed by atoms with E-state index in [1.807, 2.05) is 60.0 Å². The number of aryl methyl sites for hydroxylation is 1. The highest BCUT2D eigenvalue weighted by molar-refractivity contribution is 6.30. The van der Waals surface area contributed by atoms with E-state index in [-0.39, 0.29) is 11.7 Å². The van der Waals surface area contributed by atoms with Crippen LogP contribution in [0.25, 0.3) is 28.2 Å². The first-order valence-corrected chi connectivity index (χ1v) is 11.1. The van der Waals surface area contributed by atoms with Crippen molar-refractivity contribution in [3.8, 4) is 22.5 Å². The van der Waals surface area contributed by atoms with Gasteiger partial charge in [-0.25, -0.2) is 9.50 Å². The highest BCUT2D eigenvalue weighted by atomic mass is 35.5. The Morgan fingerprint density at radius 3 is 2.32 bits per heavy atom. The molecule has 0 saturated carbocycles. The molecule has 2 aromatic carbocycles. The van der Waals surface area contributed by atoms with Crippen LogP contribution in [0.15, 0.2) is 60.7 Å². The van der Waals surface area contributed by atoms with E-state index >= 15 is 0 Å². The molecule has 0 radical (unpaired) electrons. The zero-order valence-corrected chi connectivity index (χ0v) is 18.9. The molecular weight excluding hydrogens is 406 g/mol. The summed E-state index contributed by atoms with van der Waals surface area (Å²) in [7, 11) is 0.